The second kappa shape index (κ2) is 10.5. The number of aliphatic hydroxyl groups excluding tert-OH is 1. The van der Waals surface area contributed by atoms with Crippen LogP contribution in [0.2, 0.25) is 5.02 Å². The van der Waals surface area contributed by atoms with Gasteiger partial charge in [-0.05, 0) is 49.9 Å². The number of aliphatic hydroxyl groups is 1. The minimum Gasteiger partial charge on any atom is -0.387 e. The molecule has 3 aromatic rings. The maximum absolute atomic E-state index is 11.5. The molecule has 0 spiro atoms. The van der Waals surface area contributed by atoms with Crippen LogP contribution in [0.15, 0.2) is 47.8 Å². The fourth-order valence-electron chi connectivity index (χ4n) is 3.49. The van der Waals surface area contributed by atoms with Crippen molar-refractivity contribution in [1.82, 2.24) is 10.3 Å². The number of rotatable bonds is 10. The first-order valence-electron chi connectivity index (χ1n) is 10.7. The van der Waals surface area contributed by atoms with Crippen molar-refractivity contribution in [3.05, 3.63) is 69.0 Å². The zero-order valence-electron chi connectivity index (χ0n) is 19.2. The topological polar surface area (TPSA) is 91.3 Å². The zero-order valence-corrected chi connectivity index (χ0v) is 21.6. The van der Waals surface area contributed by atoms with Crippen LogP contribution in [0.1, 0.15) is 43.0 Å². The fourth-order valence-corrected chi connectivity index (χ4v) is 5.03. The molecule has 0 saturated heterocycles. The molecule has 0 saturated carbocycles. The number of thiazole rings is 1. The van der Waals surface area contributed by atoms with E-state index < -0.39 is 16.1 Å². The highest BCUT2D eigenvalue weighted by atomic mass is 35.5. The molecule has 3 rings (SSSR count). The predicted octanol–water partition coefficient (Wildman–Crippen LogP) is 5.04. The van der Waals surface area contributed by atoms with Crippen molar-refractivity contribution in [1.29, 1.82) is 0 Å². The molecule has 1 atom stereocenters. The first-order valence-corrected chi connectivity index (χ1v) is 13.8. The molecule has 0 radical (unpaired) electrons. The Morgan fingerprint density at radius 1 is 1.18 bits per heavy atom. The summed E-state index contributed by atoms with van der Waals surface area (Å²) in [6.07, 6.45) is 1.96. The average Bonchev–Trinajstić information content (AvgIpc) is 3.22. The van der Waals surface area contributed by atoms with Gasteiger partial charge in [0.2, 0.25) is 10.0 Å². The monoisotopic (exact) mass is 507 g/mol. The predicted molar refractivity (Wildman–Crippen MR) is 138 cm³/mol. The Bertz CT molecular complexity index is 1190. The molecular weight excluding hydrogens is 478 g/mol. The fraction of sp³-hybridized carbons (Fsp3) is 0.375. The van der Waals surface area contributed by atoms with Crippen molar-refractivity contribution in [2.75, 3.05) is 17.5 Å². The number of aryl methyl sites for hydroxylation is 1. The Labute approximate surface area is 205 Å². The molecule has 1 aromatic heterocycles. The lowest BCUT2D eigenvalue weighted by atomic mass is 9.93. The molecule has 6 nitrogen and oxygen atoms in total. The van der Waals surface area contributed by atoms with Crippen molar-refractivity contribution in [2.24, 2.45) is 0 Å². The first kappa shape index (κ1) is 25.6. The number of nitrogens with zero attached hydrogens (tertiary/aromatic N) is 1. The second-order valence-corrected chi connectivity index (χ2v) is 11.8. The number of halogens is 1. The van der Waals surface area contributed by atoms with E-state index in [2.05, 4.69) is 65.4 Å². The molecule has 0 fully saturated rings. The smallest absolute Gasteiger partial charge is 0.229 e. The Morgan fingerprint density at radius 2 is 1.88 bits per heavy atom. The number of benzene rings is 2. The third-order valence-corrected chi connectivity index (χ3v) is 7.11. The summed E-state index contributed by atoms with van der Waals surface area (Å²) in [5.74, 6) is 0. The molecule has 178 valence electrons. The van der Waals surface area contributed by atoms with Gasteiger partial charge in [0.05, 0.1) is 33.8 Å². The van der Waals surface area contributed by atoms with Crippen molar-refractivity contribution in [3.8, 4) is 11.3 Å². The molecule has 9 heteroatoms. The average molecular weight is 508 g/mol. The highest BCUT2D eigenvalue weighted by Gasteiger charge is 2.21. The van der Waals surface area contributed by atoms with Crippen LogP contribution in [0.25, 0.3) is 11.3 Å². The molecule has 0 aliphatic carbocycles. The van der Waals surface area contributed by atoms with E-state index in [-0.39, 0.29) is 16.2 Å². The molecule has 1 heterocycles. The molecule has 33 heavy (non-hydrogen) atoms. The van der Waals surface area contributed by atoms with Gasteiger partial charge in [0.25, 0.3) is 0 Å². The lowest BCUT2D eigenvalue weighted by Crippen LogP contribution is -2.43. The lowest BCUT2D eigenvalue weighted by Gasteiger charge is -2.28. The number of hydrogen-bond donors (Lipinski definition) is 3. The summed E-state index contributed by atoms with van der Waals surface area (Å²) in [4.78, 5) is 4.64. The lowest BCUT2D eigenvalue weighted by molar-refractivity contribution is 0.161. The summed E-state index contributed by atoms with van der Waals surface area (Å²) in [5, 5.41) is 17.6. The van der Waals surface area contributed by atoms with Crippen LogP contribution in [0.4, 0.5) is 5.69 Å². The molecule has 0 amide bonds. The van der Waals surface area contributed by atoms with Crippen LogP contribution in [0, 0.1) is 0 Å². The zero-order chi connectivity index (χ0) is 24.2. The maximum Gasteiger partial charge on any atom is 0.229 e. The van der Waals surface area contributed by atoms with Crippen LogP contribution in [-0.2, 0) is 22.9 Å². The Kier molecular flexibility index (Phi) is 8.18. The van der Waals surface area contributed by atoms with E-state index >= 15 is 0 Å². The van der Waals surface area contributed by atoms with Crippen LogP contribution in [0.5, 0.6) is 0 Å². The number of nitrogens with one attached hydrogen (secondary N) is 2. The minimum atomic E-state index is -3.47. The van der Waals surface area contributed by atoms with E-state index in [0.29, 0.717) is 12.1 Å². The van der Waals surface area contributed by atoms with Crippen LogP contribution >= 0.6 is 22.9 Å². The molecule has 2 aromatic carbocycles. The van der Waals surface area contributed by atoms with E-state index in [0.717, 1.165) is 35.4 Å². The first-order chi connectivity index (χ1) is 15.5. The molecule has 0 aliphatic heterocycles. The van der Waals surface area contributed by atoms with Gasteiger partial charge in [-0.25, -0.2) is 13.4 Å². The van der Waals surface area contributed by atoms with Gasteiger partial charge in [0, 0.05) is 23.0 Å². The van der Waals surface area contributed by atoms with Gasteiger partial charge in [0.15, 0.2) is 0 Å². The summed E-state index contributed by atoms with van der Waals surface area (Å²) in [6.45, 7) is 6.58. The number of aromatic nitrogens is 1. The largest absolute Gasteiger partial charge is 0.387 e. The van der Waals surface area contributed by atoms with Gasteiger partial charge in [-0.3, -0.25) is 4.72 Å². The maximum atomic E-state index is 11.5. The van der Waals surface area contributed by atoms with Gasteiger partial charge < -0.3 is 10.4 Å². The number of β-amino-alcohol motifs (C(OH)–C–C–N with tert-alkyl or cyclic N) is 1. The molecule has 3 N–H and O–H groups in total. The van der Waals surface area contributed by atoms with Crippen molar-refractivity contribution in [2.45, 2.75) is 45.3 Å². The molecule has 0 unspecified atom stereocenters. The van der Waals surface area contributed by atoms with Gasteiger partial charge in [0.1, 0.15) is 0 Å². The van der Waals surface area contributed by atoms with Crippen LogP contribution in [0.3, 0.4) is 0 Å². The molecule has 0 aliphatic rings. The van der Waals surface area contributed by atoms with Crippen LogP contribution < -0.4 is 10.0 Å². The quantitative estimate of drug-likeness (QED) is 0.357. The van der Waals surface area contributed by atoms with Crippen molar-refractivity contribution >= 4 is 38.6 Å². The van der Waals surface area contributed by atoms with Gasteiger partial charge >= 0.3 is 0 Å². The van der Waals surface area contributed by atoms with E-state index in [1.54, 1.807) is 29.5 Å². The van der Waals surface area contributed by atoms with E-state index in [1.165, 1.54) is 5.56 Å². The minimum absolute atomic E-state index is 0.251. The van der Waals surface area contributed by atoms with Gasteiger partial charge in [-0.15, -0.1) is 11.3 Å². The Hall–Kier alpha value is -1.97. The third kappa shape index (κ3) is 7.52. The summed E-state index contributed by atoms with van der Waals surface area (Å²) >= 11 is 7.76. The normalized spacial score (nSPS) is 13.2. The summed E-state index contributed by atoms with van der Waals surface area (Å²) < 4.78 is 25.4. The van der Waals surface area contributed by atoms with Gasteiger partial charge in [-0.1, -0.05) is 48.9 Å². The second-order valence-electron chi connectivity index (χ2n) is 8.75. The third-order valence-electron chi connectivity index (χ3n) is 5.19. The van der Waals surface area contributed by atoms with Crippen molar-refractivity contribution in [3.63, 3.8) is 0 Å². The van der Waals surface area contributed by atoms with Crippen LogP contribution in [-0.4, -0.2) is 36.8 Å². The number of hydrogen-bond acceptors (Lipinski definition) is 6. The summed E-state index contributed by atoms with van der Waals surface area (Å²) in [7, 11) is -3.47. The summed E-state index contributed by atoms with van der Waals surface area (Å²) in [5.41, 5.74) is 3.87. The SMILES string of the molecule is CCc1nc(-c2ccc(CC(C)(C)NC[C@H](O)c3ccc(Cl)c(NS(C)(=O)=O)c3)cc2)cs1. The highest BCUT2D eigenvalue weighted by molar-refractivity contribution is 7.92. The number of sulfonamides is 1. The molecule has 0 bridgehead atoms. The highest BCUT2D eigenvalue weighted by Crippen LogP contribution is 2.27. The number of anilines is 1. The van der Waals surface area contributed by atoms with E-state index in [4.69, 9.17) is 11.6 Å². The Balaban J connectivity index is 1.61. The summed E-state index contributed by atoms with van der Waals surface area (Å²) in [6, 6.07) is 13.2. The Morgan fingerprint density at radius 3 is 2.48 bits per heavy atom. The van der Waals surface area contributed by atoms with Gasteiger partial charge in [-0.2, -0.15) is 0 Å². The van der Waals surface area contributed by atoms with E-state index in [1.807, 2.05) is 0 Å². The molecular formula is C24H30ClN3O3S2. The van der Waals surface area contributed by atoms with E-state index in [9.17, 15) is 13.5 Å². The standard InChI is InChI=1S/C24H30ClN3O3S2/c1-5-23-27-21(15-32-23)17-8-6-16(7-9-17)13-24(2,3)26-14-22(29)18-10-11-19(25)20(12-18)28-33(4,30)31/h6-12,15,22,26,28-29H,5,13-14H2,1-4H3/t22-/m0/s1. The van der Waals surface area contributed by atoms with Crippen molar-refractivity contribution < 1.29 is 13.5 Å².